The monoisotopic (exact) mass is 845 g/mol. The van der Waals surface area contributed by atoms with E-state index in [-0.39, 0.29) is 0 Å². The largest absolute Gasteiger partial charge is 0.254 e. The van der Waals surface area contributed by atoms with Crippen LogP contribution in [0, 0.1) is 11.8 Å². The molecule has 2 aromatic carbocycles. The van der Waals surface area contributed by atoms with E-state index in [1.807, 2.05) is 6.21 Å². The van der Waals surface area contributed by atoms with Crippen LogP contribution < -0.4 is 0 Å². The molecule has 0 aliphatic rings. The molecule has 0 saturated heterocycles. The first-order valence-electron chi connectivity index (χ1n) is 26.9. The Morgan fingerprint density at radius 2 is 0.710 bits per heavy atom. The van der Waals surface area contributed by atoms with Gasteiger partial charge in [0.25, 0.3) is 0 Å². The summed E-state index contributed by atoms with van der Waals surface area (Å²) in [5.74, 6) is 6.82. The average Bonchev–Trinajstić information content (AvgIpc) is 3.29. The summed E-state index contributed by atoms with van der Waals surface area (Å²) in [7, 11) is 0. The molecule has 0 amide bonds. The first-order valence-corrected chi connectivity index (χ1v) is 26.9. The van der Waals surface area contributed by atoms with Crippen LogP contribution in [0.4, 0.5) is 11.4 Å². The van der Waals surface area contributed by atoms with Crippen molar-refractivity contribution in [1.82, 2.24) is 0 Å². The zero-order valence-corrected chi connectivity index (χ0v) is 41.1. The van der Waals surface area contributed by atoms with Crippen molar-refractivity contribution in [3.63, 3.8) is 0 Å². The number of hydrogen-bond donors (Lipinski definition) is 0. The third-order valence-electron chi connectivity index (χ3n) is 12.3. The van der Waals surface area contributed by atoms with Crippen molar-refractivity contribution in [3.05, 3.63) is 71.8 Å². The van der Waals surface area contributed by atoms with Gasteiger partial charge in [0.2, 0.25) is 0 Å². The SMILES string of the molecule is CCCCCCCCCCCC=Cc1ccc(N=CC(C#CCCCCCCCCCCCCCCCCCC)=Nc2ccc(C=CCCCCCCCCCCC)cc2)cc1. The molecule has 0 aromatic heterocycles. The van der Waals surface area contributed by atoms with Crippen LogP contribution in [0.1, 0.15) is 269 Å². The number of allylic oxidation sites excluding steroid dienone is 2. The quantitative estimate of drug-likeness (QED) is 0.0362. The molecule has 0 N–H and O–H groups in total. The highest BCUT2D eigenvalue weighted by atomic mass is 14.8. The Kier molecular flexibility index (Phi) is 38.2. The molecule has 0 aliphatic heterocycles. The predicted molar refractivity (Wildman–Crippen MR) is 282 cm³/mol. The van der Waals surface area contributed by atoms with E-state index in [9.17, 15) is 0 Å². The van der Waals surface area contributed by atoms with Crippen molar-refractivity contribution < 1.29 is 0 Å². The zero-order valence-electron chi connectivity index (χ0n) is 41.1. The lowest BCUT2D eigenvalue weighted by Crippen LogP contribution is -1.95. The molecule has 346 valence electrons. The van der Waals surface area contributed by atoms with Crippen molar-refractivity contribution in [1.29, 1.82) is 0 Å². The molecule has 2 rings (SSSR count). The number of unbranched alkanes of at least 4 members (excludes halogenated alkanes) is 34. The van der Waals surface area contributed by atoms with Gasteiger partial charge in [0, 0.05) is 6.42 Å². The lowest BCUT2D eigenvalue weighted by atomic mass is 10.0. The van der Waals surface area contributed by atoms with Gasteiger partial charge >= 0.3 is 0 Å². The average molecular weight is 845 g/mol. The van der Waals surface area contributed by atoms with Crippen LogP contribution >= 0.6 is 0 Å². The first-order chi connectivity index (χ1) is 30.7. The first kappa shape index (κ1) is 55.0. The maximum absolute atomic E-state index is 4.96. The van der Waals surface area contributed by atoms with E-state index in [0.29, 0.717) is 0 Å². The van der Waals surface area contributed by atoms with E-state index < -0.39 is 0 Å². The summed E-state index contributed by atoms with van der Waals surface area (Å²) >= 11 is 0. The van der Waals surface area contributed by atoms with Crippen molar-refractivity contribution >= 4 is 35.5 Å². The number of hydrogen-bond acceptors (Lipinski definition) is 2. The number of rotatable bonds is 41. The van der Waals surface area contributed by atoms with Gasteiger partial charge in [-0.15, -0.1) is 0 Å². The fourth-order valence-corrected chi connectivity index (χ4v) is 8.19. The topological polar surface area (TPSA) is 24.7 Å². The summed E-state index contributed by atoms with van der Waals surface area (Å²) in [6, 6.07) is 17.1. The third kappa shape index (κ3) is 34.3. The Morgan fingerprint density at radius 1 is 0.387 bits per heavy atom. The van der Waals surface area contributed by atoms with Crippen molar-refractivity contribution in [2.75, 3.05) is 0 Å². The van der Waals surface area contributed by atoms with Gasteiger partial charge < -0.3 is 0 Å². The highest BCUT2D eigenvalue weighted by Crippen LogP contribution is 2.19. The molecule has 0 bridgehead atoms. The summed E-state index contributed by atoms with van der Waals surface area (Å²) in [6.07, 6.45) is 61.2. The van der Waals surface area contributed by atoms with Crippen LogP contribution in [0.2, 0.25) is 0 Å². The standard InChI is InChI=1S/C60H96N2/c1-4-7-10-13-16-19-22-23-24-25-26-27-28-31-34-37-40-43-46-60(62-59-53-49-57(50-54-59)45-42-39-36-33-30-21-18-15-12-9-6-3)55-61-58-51-47-56(48-52-58)44-41-38-35-32-29-20-17-14-11-8-5-2/h41-42,44-45,47-55H,4-40H2,1-3H3. The Bertz CT molecular complexity index is 1450. The fraction of sp³-hybridized carbons (Fsp3) is 0.667. The summed E-state index contributed by atoms with van der Waals surface area (Å²) in [6.45, 7) is 6.88. The van der Waals surface area contributed by atoms with Crippen molar-refractivity contribution in [3.8, 4) is 11.8 Å². The fourth-order valence-electron chi connectivity index (χ4n) is 8.19. The van der Waals surface area contributed by atoms with Crippen LogP contribution in [-0.4, -0.2) is 11.9 Å². The summed E-state index contributed by atoms with van der Waals surface area (Å²) in [5.41, 5.74) is 5.04. The molecule has 0 atom stereocenters. The molecule has 0 saturated carbocycles. The van der Waals surface area contributed by atoms with Crippen molar-refractivity contribution in [2.24, 2.45) is 9.98 Å². The number of benzene rings is 2. The van der Waals surface area contributed by atoms with Crippen LogP contribution in [0.15, 0.2) is 70.7 Å². The van der Waals surface area contributed by atoms with Gasteiger partial charge in [-0.1, -0.05) is 274 Å². The van der Waals surface area contributed by atoms with Crippen molar-refractivity contribution in [2.45, 2.75) is 258 Å². The molecule has 0 unspecified atom stereocenters. The molecule has 0 heterocycles. The van der Waals surface area contributed by atoms with Crippen LogP contribution in [0.3, 0.4) is 0 Å². The minimum atomic E-state index is 0.722. The molecule has 0 fully saturated rings. The second-order valence-electron chi connectivity index (χ2n) is 18.3. The molecular formula is C60H96N2. The molecule has 0 radical (unpaired) electrons. The zero-order chi connectivity index (χ0) is 44.1. The normalized spacial score (nSPS) is 12.0. The van der Waals surface area contributed by atoms with Gasteiger partial charge in [0.15, 0.2) is 0 Å². The van der Waals surface area contributed by atoms with Gasteiger partial charge in [-0.3, -0.25) is 4.99 Å². The molecule has 2 aromatic rings. The Labute approximate surface area is 385 Å². The summed E-state index contributed by atoms with van der Waals surface area (Å²) in [4.78, 5) is 9.78. The maximum atomic E-state index is 4.96. The van der Waals surface area contributed by atoms with Gasteiger partial charge in [-0.25, -0.2) is 4.99 Å². The Hall–Kier alpha value is -3.18. The van der Waals surface area contributed by atoms with E-state index in [4.69, 9.17) is 9.98 Å². The highest BCUT2D eigenvalue weighted by molar-refractivity contribution is 6.39. The Morgan fingerprint density at radius 3 is 1.08 bits per heavy atom. The lowest BCUT2D eigenvalue weighted by Gasteiger charge is -2.03. The van der Waals surface area contributed by atoms with E-state index in [1.54, 1.807) is 0 Å². The Balaban J connectivity index is 1.82. The van der Waals surface area contributed by atoms with Crippen LogP contribution in [0.5, 0.6) is 0 Å². The lowest BCUT2D eigenvalue weighted by molar-refractivity contribution is 0.530. The van der Waals surface area contributed by atoms with Gasteiger partial charge in [0.05, 0.1) is 17.6 Å². The second-order valence-corrected chi connectivity index (χ2v) is 18.3. The number of nitrogens with zero attached hydrogens (tertiary/aromatic N) is 2. The van der Waals surface area contributed by atoms with Crippen LogP contribution in [0.25, 0.3) is 12.2 Å². The van der Waals surface area contributed by atoms with E-state index >= 15 is 0 Å². The second kappa shape index (κ2) is 43.1. The molecule has 0 spiro atoms. The molecule has 2 nitrogen and oxygen atoms in total. The predicted octanol–water partition coefficient (Wildman–Crippen LogP) is 20.7. The molecule has 62 heavy (non-hydrogen) atoms. The minimum absolute atomic E-state index is 0.722. The number of aliphatic imine (C=N–C) groups is 2. The molecule has 2 heteroatoms. The summed E-state index contributed by atoms with van der Waals surface area (Å²) < 4.78 is 0. The molecule has 0 aliphatic carbocycles. The van der Waals surface area contributed by atoms with Gasteiger partial charge in [-0.2, -0.15) is 0 Å². The van der Waals surface area contributed by atoms with E-state index in [0.717, 1.165) is 42.8 Å². The minimum Gasteiger partial charge on any atom is -0.254 e. The molecular weight excluding hydrogens is 749 g/mol. The highest BCUT2D eigenvalue weighted by Gasteiger charge is 1.99. The smallest absolute Gasteiger partial charge is 0.132 e. The summed E-state index contributed by atoms with van der Waals surface area (Å²) in [5, 5.41) is 0. The van der Waals surface area contributed by atoms with E-state index in [1.165, 1.54) is 223 Å². The van der Waals surface area contributed by atoms with Crippen LogP contribution in [-0.2, 0) is 0 Å². The third-order valence-corrected chi connectivity index (χ3v) is 12.3. The van der Waals surface area contributed by atoms with Gasteiger partial charge in [-0.05, 0) is 73.4 Å². The maximum Gasteiger partial charge on any atom is 0.132 e. The van der Waals surface area contributed by atoms with E-state index in [2.05, 4.69) is 105 Å². The van der Waals surface area contributed by atoms with Gasteiger partial charge in [0.1, 0.15) is 5.71 Å².